The topological polar surface area (TPSA) is 133 Å². The number of carboxylic acid groups (broad SMARTS) is 1. The molecule has 0 amide bonds. The molecule has 92 valence electrons. The Morgan fingerprint density at radius 3 is 2.65 bits per heavy atom. The van der Waals surface area contributed by atoms with Crippen molar-refractivity contribution in [3.05, 3.63) is 29.9 Å². The van der Waals surface area contributed by atoms with Crippen LogP contribution < -0.4 is 26.5 Å². The lowest BCUT2D eigenvalue weighted by atomic mass is 10.4. The fourth-order valence-electron chi connectivity index (χ4n) is 0.925. The number of hydrogen-bond donors (Lipinski definition) is 4. The van der Waals surface area contributed by atoms with Gasteiger partial charge in [-0.15, -0.1) is 0 Å². The summed E-state index contributed by atoms with van der Waals surface area (Å²) in [5.74, 6) is 4.14. The molecule has 0 radical (unpaired) electrons. The molecule has 1 aromatic heterocycles. The van der Waals surface area contributed by atoms with Gasteiger partial charge in [0.15, 0.2) is 5.70 Å². The van der Waals surface area contributed by atoms with Crippen molar-refractivity contribution in [2.24, 2.45) is 11.6 Å². The highest BCUT2D eigenvalue weighted by molar-refractivity contribution is 5.85. The number of nitrogens with two attached hydrogens (primary N) is 2. The van der Waals surface area contributed by atoms with Crippen LogP contribution in [0.1, 0.15) is 0 Å². The van der Waals surface area contributed by atoms with Gasteiger partial charge in [0.25, 0.3) is 0 Å². The number of aliphatic carboxylic acids is 1. The van der Waals surface area contributed by atoms with Crippen LogP contribution in [0.15, 0.2) is 29.9 Å². The van der Waals surface area contributed by atoms with Gasteiger partial charge in [0, 0.05) is 6.07 Å². The Hall–Kier alpha value is -2.48. The Bertz CT molecular complexity index is 429. The summed E-state index contributed by atoms with van der Waals surface area (Å²) >= 11 is 0. The Labute approximate surface area is 96.8 Å². The first-order valence-electron chi connectivity index (χ1n) is 4.46. The predicted molar refractivity (Wildman–Crippen MR) is 57.6 cm³/mol. The highest BCUT2D eigenvalue weighted by Crippen LogP contribution is 2.15. The quantitative estimate of drug-likeness (QED) is 0.226. The van der Waals surface area contributed by atoms with Crippen LogP contribution >= 0.6 is 0 Å². The third-order valence-electron chi connectivity index (χ3n) is 1.74. The summed E-state index contributed by atoms with van der Waals surface area (Å²) in [7, 11) is 1.47. The van der Waals surface area contributed by atoms with Crippen molar-refractivity contribution in [3.8, 4) is 11.6 Å². The van der Waals surface area contributed by atoms with Gasteiger partial charge in [0.05, 0.1) is 13.3 Å². The van der Waals surface area contributed by atoms with Gasteiger partial charge in [-0.25, -0.2) is 15.6 Å². The third kappa shape index (κ3) is 3.24. The summed E-state index contributed by atoms with van der Waals surface area (Å²) < 4.78 is 9.95. The minimum absolute atomic E-state index is 0.267. The number of methoxy groups -OCH3 is 1. The van der Waals surface area contributed by atoms with Gasteiger partial charge in [-0.1, -0.05) is 0 Å². The zero-order valence-corrected chi connectivity index (χ0v) is 9.01. The lowest BCUT2D eigenvalue weighted by Gasteiger charge is -2.10. The number of aromatic nitrogens is 1. The molecule has 0 aliphatic rings. The molecular formula is C9H12N4O4. The van der Waals surface area contributed by atoms with Crippen molar-refractivity contribution in [2.45, 2.75) is 0 Å². The van der Waals surface area contributed by atoms with Gasteiger partial charge in [0.2, 0.25) is 11.8 Å². The van der Waals surface area contributed by atoms with E-state index in [1.165, 1.54) is 19.4 Å². The SMILES string of the molecule is COc1ccc(O/C(NN)=C(/N)C(=O)O)cn1. The summed E-state index contributed by atoms with van der Waals surface area (Å²) in [5.41, 5.74) is 6.76. The van der Waals surface area contributed by atoms with Crippen LogP contribution in [0.5, 0.6) is 11.6 Å². The molecule has 1 heterocycles. The average Bonchev–Trinajstić information content (AvgIpc) is 2.35. The fourth-order valence-corrected chi connectivity index (χ4v) is 0.925. The molecular weight excluding hydrogens is 228 g/mol. The zero-order valence-electron chi connectivity index (χ0n) is 9.01. The molecule has 0 unspecified atom stereocenters. The molecule has 6 N–H and O–H groups in total. The van der Waals surface area contributed by atoms with Crippen LogP contribution in [0.3, 0.4) is 0 Å². The molecule has 0 aromatic carbocycles. The van der Waals surface area contributed by atoms with Gasteiger partial charge >= 0.3 is 5.97 Å². The molecule has 0 aliphatic carbocycles. The van der Waals surface area contributed by atoms with Crippen molar-refractivity contribution >= 4 is 5.97 Å². The standard InChI is InChI=1S/C9H12N4O4/c1-16-6-3-2-5(4-12-6)17-8(13-11)7(10)9(14)15/h2-4,13H,10-11H2,1H3,(H,14,15)/b8-7+. The van der Waals surface area contributed by atoms with Crippen molar-refractivity contribution in [2.75, 3.05) is 7.11 Å². The Balaban J connectivity index is 2.88. The van der Waals surface area contributed by atoms with Crippen LogP contribution in [0, 0.1) is 0 Å². The van der Waals surface area contributed by atoms with E-state index in [0.717, 1.165) is 0 Å². The number of pyridine rings is 1. The van der Waals surface area contributed by atoms with Crippen LogP contribution in [0.2, 0.25) is 0 Å². The molecule has 8 heteroatoms. The summed E-state index contributed by atoms with van der Waals surface area (Å²) in [6, 6.07) is 3.07. The smallest absolute Gasteiger partial charge is 0.357 e. The van der Waals surface area contributed by atoms with E-state index in [1.807, 2.05) is 0 Å². The second kappa shape index (κ2) is 5.56. The molecule has 0 aliphatic heterocycles. The van der Waals surface area contributed by atoms with Gasteiger partial charge < -0.3 is 20.3 Å². The molecule has 0 spiro atoms. The predicted octanol–water partition coefficient (Wildman–Crippen LogP) is -0.855. The maximum Gasteiger partial charge on any atom is 0.357 e. The van der Waals surface area contributed by atoms with E-state index in [-0.39, 0.29) is 11.6 Å². The number of nitrogens with one attached hydrogen (secondary N) is 1. The first-order chi connectivity index (χ1) is 8.08. The van der Waals surface area contributed by atoms with E-state index in [1.54, 1.807) is 6.07 Å². The van der Waals surface area contributed by atoms with E-state index in [2.05, 4.69) is 10.4 Å². The normalized spacial score (nSPS) is 11.4. The molecule has 0 bridgehead atoms. The second-order valence-electron chi connectivity index (χ2n) is 2.83. The molecule has 0 atom stereocenters. The lowest BCUT2D eigenvalue weighted by molar-refractivity contribution is -0.132. The number of hydrazine groups is 1. The number of hydrogen-bond acceptors (Lipinski definition) is 7. The van der Waals surface area contributed by atoms with Gasteiger partial charge in [-0.2, -0.15) is 0 Å². The zero-order chi connectivity index (χ0) is 12.8. The Morgan fingerprint density at radius 2 is 2.24 bits per heavy atom. The summed E-state index contributed by atoms with van der Waals surface area (Å²) in [4.78, 5) is 14.5. The minimum atomic E-state index is -1.35. The van der Waals surface area contributed by atoms with Crippen molar-refractivity contribution in [3.63, 3.8) is 0 Å². The summed E-state index contributed by atoms with van der Waals surface area (Å²) in [6.45, 7) is 0. The first-order valence-corrected chi connectivity index (χ1v) is 4.46. The summed E-state index contributed by atoms with van der Waals surface area (Å²) in [6.07, 6.45) is 1.34. The Kier molecular flexibility index (Phi) is 4.12. The maximum absolute atomic E-state index is 10.6. The fraction of sp³-hybridized carbons (Fsp3) is 0.111. The highest BCUT2D eigenvalue weighted by Gasteiger charge is 2.12. The molecule has 8 nitrogen and oxygen atoms in total. The van der Waals surface area contributed by atoms with Crippen LogP contribution in [0.4, 0.5) is 0 Å². The van der Waals surface area contributed by atoms with E-state index in [9.17, 15) is 4.79 Å². The highest BCUT2D eigenvalue weighted by atomic mass is 16.5. The van der Waals surface area contributed by atoms with Crippen molar-refractivity contribution < 1.29 is 19.4 Å². The van der Waals surface area contributed by atoms with E-state index < -0.39 is 11.7 Å². The average molecular weight is 240 g/mol. The molecule has 0 saturated carbocycles. The third-order valence-corrected chi connectivity index (χ3v) is 1.74. The largest absolute Gasteiger partial charge is 0.481 e. The van der Waals surface area contributed by atoms with Crippen molar-refractivity contribution in [1.29, 1.82) is 0 Å². The molecule has 0 saturated heterocycles. The summed E-state index contributed by atoms with van der Waals surface area (Å²) in [5, 5.41) is 8.65. The lowest BCUT2D eigenvalue weighted by Crippen LogP contribution is -2.31. The van der Waals surface area contributed by atoms with Gasteiger partial charge in [0.1, 0.15) is 5.75 Å². The van der Waals surface area contributed by atoms with E-state index in [0.29, 0.717) is 5.88 Å². The molecule has 0 fully saturated rings. The number of rotatable bonds is 5. The second-order valence-corrected chi connectivity index (χ2v) is 2.83. The van der Waals surface area contributed by atoms with Gasteiger partial charge in [-0.05, 0) is 6.07 Å². The molecule has 1 rings (SSSR count). The minimum Gasteiger partial charge on any atom is -0.481 e. The number of carbonyl (C=O) groups is 1. The van der Waals surface area contributed by atoms with Crippen LogP contribution in [-0.4, -0.2) is 23.2 Å². The molecule has 17 heavy (non-hydrogen) atoms. The van der Waals surface area contributed by atoms with Crippen molar-refractivity contribution in [1.82, 2.24) is 10.4 Å². The Morgan fingerprint density at radius 1 is 1.53 bits per heavy atom. The van der Waals surface area contributed by atoms with Crippen LogP contribution in [0.25, 0.3) is 0 Å². The van der Waals surface area contributed by atoms with Gasteiger partial charge in [-0.3, -0.25) is 5.43 Å². The number of carboxylic acids is 1. The van der Waals surface area contributed by atoms with E-state index in [4.69, 9.17) is 26.2 Å². The number of nitrogens with zero attached hydrogens (tertiary/aromatic N) is 1. The van der Waals surface area contributed by atoms with E-state index >= 15 is 0 Å². The first kappa shape index (κ1) is 12.6. The number of ether oxygens (including phenoxy) is 2. The maximum atomic E-state index is 10.6. The van der Waals surface area contributed by atoms with Crippen LogP contribution in [-0.2, 0) is 4.79 Å². The monoisotopic (exact) mass is 240 g/mol. The molecule has 1 aromatic rings.